The first-order valence-corrected chi connectivity index (χ1v) is 9.26. The first-order chi connectivity index (χ1) is 14.0. The predicted molar refractivity (Wildman–Crippen MR) is 102 cm³/mol. The number of rotatable bonds is 7. The van der Waals surface area contributed by atoms with E-state index < -0.39 is 47.3 Å². The van der Waals surface area contributed by atoms with E-state index in [1.54, 1.807) is 25.1 Å². The van der Waals surface area contributed by atoms with E-state index in [1.165, 1.54) is 13.8 Å². The zero-order valence-electron chi connectivity index (χ0n) is 17.1. The molecule has 6 nitrogen and oxygen atoms in total. The summed E-state index contributed by atoms with van der Waals surface area (Å²) in [5.41, 5.74) is -1.18. The van der Waals surface area contributed by atoms with Gasteiger partial charge in [-0.3, -0.25) is 4.79 Å². The van der Waals surface area contributed by atoms with Gasteiger partial charge in [-0.1, -0.05) is 12.1 Å². The Labute approximate surface area is 171 Å². The molecule has 0 aliphatic heterocycles. The second kappa shape index (κ2) is 9.15. The summed E-state index contributed by atoms with van der Waals surface area (Å²) in [4.78, 5) is 37.2. The molecule has 2 rings (SSSR count). The van der Waals surface area contributed by atoms with E-state index in [1.807, 2.05) is 6.92 Å². The van der Waals surface area contributed by atoms with Crippen molar-refractivity contribution in [3.05, 3.63) is 57.9 Å². The summed E-state index contributed by atoms with van der Waals surface area (Å²) in [7, 11) is 0. The Hall–Kier alpha value is -3.10. The lowest BCUT2D eigenvalue weighted by molar-refractivity contribution is -0.138. The van der Waals surface area contributed by atoms with Crippen molar-refractivity contribution in [2.45, 2.75) is 40.4 Å². The molecule has 2 aromatic rings. The number of carbonyl (C=O) groups excluding carboxylic acids is 3. The highest BCUT2D eigenvalue weighted by atomic mass is 19.4. The van der Waals surface area contributed by atoms with Gasteiger partial charge in [-0.05, 0) is 44.9 Å². The average molecular weight is 425 g/mol. The van der Waals surface area contributed by atoms with Gasteiger partial charge in [0.1, 0.15) is 11.3 Å². The number of alkyl halides is 3. The Morgan fingerprint density at radius 2 is 1.57 bits per heavy atom. The van der Waals surface area contributed by atoms with Crippen LogP contribution in [0.4, 0.5) is 13.2 Å². The van der Waals surface area contributed by atoms with Gasteiger partial charge >= 0.3 is 18.1 Å². The van der Waals surface area contributed by atoms with Gasteiger partial charge in [0.25, 0.3) is 0 Å². The number of halogens is 3. The standard InChI is InChI=1S/C21H22F3NO5/c1-5-29-19(27)15-10-25(11-16(26)14-8-7-12(3)13(4)9-14)18(20(28)30-6-2)17(15)21(22,23)24/h7-10H,5-6,11H2,1-4H3. The Balaban J connectivity index is 2.61. The zero-order valence-corrected chi connectivity index (χ0v) is 17.1. The van der Waals surface area contributed by atoms with Crippen molar-refractivity contribution in [1.29, 1.82) is 0 Å². The summed E-state index contributed by atoms with van der Waals surface area (Å²) >= 11 is 0. The molecule has 0 saturated heterocycles. The molecule has 162 valence electrons. The first kappa shape index (κ1) is 23.2. The van der Waals surface area contributed by atoms with Crippen LogP contribution in [0.2, 0.25) is 0 Å². The summed E-state index contributed by atoms with van der Waals surface area (Å²) in [5, 5.41) is 0. The molecule has 9 heteroatoms. The van der Waals surface area contributed by atoms with Crippen molar-refractivity contribution in [3.63, 3.8) is 0 Å². The molecule has 0 unspecified atom stereocenters. The summed E-state index contributed by atoms with van der Waals surface area (Å²) in [5.74, 6) is -3.05. The van der Waals surface area contributed by atoms with E-state index in [4.69, 9.17) is 9.47 Å². The monoisotopic (exact) mass is 425 g/mol. The van der Waals surface area contributed by atoms with Gasteiger partial charge in [-0.2, -0.15) is 13.2 Å². The molecule has 1 aromatic carbocycles. The van der Waals surface area contributed by atoms with Crippen LogP contribution < -0.4 is 0 Å². The van der Waals surface area contributed by atoms with E-state index in [0.29, 0.717) is 0 Å². The molecule has 0 aliphatic carbocycles. The van der Waals surface area contributed by atoms with Crippen molar-refractivity contribution in [1.82, 2.24) is 4.57 Å². The summed E-state index contributed by atoms with van der Waals surface area (Å²) in [6.07, 6.45) is -4.23. The number of Topliss-reactive ketones (excluding diaryl/α,β-unsaturated/α-hetero) is 1. The van der Waals surface area contributed by atoms with Crippen LogP contribution in [0.5, 0.6) is 0 Å². The lowest BCUT2D eigenvalue weighted by atomic mass is 10.0. The molecule has 0 radical (unpaired) electrons. The molecule has 0 N–H and O–H groups in total. The second-order valence-corrected chi connectivity index (χ2v) is 6.56. The van der Waals surface area contributed by atoms with Crippen molar-refractivity contribution < 1.29 is 37.0 Å². The first-order valence-electron chi connectivity index (χ1n) is 9.26. The Bertz CT molecular complexity index is 976. The third-order valence-corrected chi connectivity index (χ3v) is 4.47. The molecule has 1 heterocycles. The molecule has 0 amide bonds. The Kier molecular flexibility index (Phi) is 7.07. The molecule has 30 heavy (non-hydrogen) atoms. The van der Waals surface area contributed by atoms with Crippen LogP contribution >= 0.6 is 0 Å². The van der Waals surface area contributed by atoms with Gasteiger partial charge in [0.15, 0.2) is 5.78 Å². The van der Waals surface area contributed by atoms with Gasteiger partial charge in [0.2, 0.25) is 0 Å². The fourth-order valence-electron chi connectivity index (χ4n) is 2.91. The van der Waals surface area contributed by atoms with Gasteiger partial charge in [0, 0.05) is 11.8 Å². The number of hydrogen-bond donors (Lipinski definition) is 0. The fraction of sp³-hybridized carbons (Fsp3) is 0.381. The molecule has 0 aliphatic rings. The molecular formula is C21H22F3NO5. The SMILES string of the molecule is CCOC(=O)c1cn(CC(=O)c2ccc(C)c(C)c2)c(C(=O)OCC)c1C(F)(F)F. The maximum atomic E-state index is 13.8. The summed E-state index contributed by atoms with van der Waals surface area (Å²) < 4.78 is 51.6. The summed E-state index contributed by atoms with van der Waals surface area (Å²) in [6, 6.07) is 4.88. The number of ketones is 1. The van der Waals surface area contributed by atoms with Crippen molar-refractivity contribution in [2.24, 2.45) is 0 Å². The molecule has 0 spiro atoms. The van der Waals surface area contributed by atoms with Crippen LogP contribution in [0.15, 0.2) is 24.4 Å². The minimum Gasteiger partial charge on any atom is -0.462 e. The van der Waals surface area contributed by atoms with Crippen LogP contribution in [0.25, 0.3) is 0 Å². The molecule has 0 bridgehead atoms. The smallest absolute Gasteiger partial charge is 0.419 e. The molecule has 0 atom stereocenters. The van der Waals surface area contributed by atoms with Gasteiger partial charge in [0.05, 0.1) is 25.3 Å². The number of hydrogen-bond acceptors (Lipinski definition) is 5. The molecule has 0 saturated carbocycles. The van der Waals surface area contributed by atoms with Crippen molar-refractivity contribution in [3.8, 4) is 0 Å². The van der Waals surface area contributed by atoms with Gasteiger partial charge < -0.3 is 14.0 Å². The highest BCUT2D eigenvalue weighted by Crippen LogP contribution is 2.37. The topological polar surface area (TPSA) is 74.6 Å². The third kappa shape index (κ3) is 4.90. The number of esters is 2. The largest absolute Gasteiger partial charge is 0.462 e. The summed E-state index contributed by atoms with van der Waals surface area (Å²) in [6.45, 7) is 5.61. The maximum Gasteiger partial charge on any atom is 0.419 e. The number of benzene rings is 1. The van der Waals surface area contributed by atoms with Crippen LogP contribution in [0, 0.1) is 13.8 Å². The van der Waals surface area contributed by atoms with E-state index in [9.17, 15) is 27.6 Å². The third-order valence-electron chi connectivity index (χ3n) is 4.47. The van der Waals surface area contributed by atoms with Crippen LogP contribution in [0.3, 0.4) is 0 Å². The minimum absolute atomic E-state index is 0.155. The van der Waals surface area contributed by atoms with Gasteiger partial charge in [-0.15, -0.1) is 0 Å². The lowest BCUT2D eigenvalue weighted by Gasteiger charge is -2.13. The minimum atomic E-state index is -5.04. The molecule has 0 fully saturated rings. The maximum absolute atomic E-state index is 13.8. The molecule has 1 aromatic heterocycles. The van der Waals surface area contributed by atoms with Crippen LogP contribution in [-0.4, -0.2) is 35.5 Å². The van der Waals surface area contributed by atoms with Gasteiger partial charge in [-0.25, -0.2) is 9.59 Å². The fourth-order valence-corrected chi connectivity index (χ4v) is 2.91. The number of ether oxygens (including phenoxy) is 2. The van der Waals surface area contributed by atoms with E-state index in [0.717, 1.165) is 21.9 Å². The van der Waals surface area contributed by atoms with Crippen molar-refractivity contribution >= 4 is 17.7 Å². The van der Waals surface area contributed by atoms with E-state index in [-0.39, 0.29) is 18.8 Å². The number of carbonyl (C=O) groups is 3. The predicted octanol–water partition coefficient (Wildman–Crippen LogP) is 4.36. The van der Waals surface area contributed by atoms with Crippen LogP contribution in [-0.2, 0) is 22.2 Å². The lowest BCUT2D eigenvalue weighted by Crippen LogP contribution is -2.21. The van der Waals surface area contributed by atoms with E-state index in [2.05, 4.69) is 0 Å². The Morgan fingerprint density at radius 3 is 2.10 bits per heavy atom. The number of aromatic nitrogens is 1. The number of nitrogens with zero attached hydrogens (tertiary/aromatic N) is 1. The second-order valence-electron chi connectivity index (χ2n) is 6.56. The highest BCUT2D eigenvalue weighted by molar-refractivity contribution is 6.00. The molecular weight excluding hydrogens is 403 g/mol. The Morgan fingerprint density at radius 1 is 0.967 bits per heavy atom. The number of aryl methyl sites for hydroxylation is 2. The average Bonchev–Trinajstić information content (AvgIpc) is 3.04. The van der Waals surface area contributed by atoms with Crippen LogP contribution in [0.1, 0.15) is 61.7 Å². The highest BCUT2D eigenvalue weighted by Gasteiger charge is 2.44. The quantitative estimate of drug-likeness (QED) is 0.487. The van der Waals surface area contributed by atoms with Crippen molar-refractivity contribution in [2.75, 3.05) is 13.2 Å². The normalized spacial score (nSPS) is 11.3. The van der Waals surface area contributed by atoms with E-state index >= 15 is 0 Å². The zero-order chi connectivity index (χ0) is 22.6.